The van der Waals surface area contributed by atoms with E-state index in [4.69, 9.17) is 9.73 Å². The summed E-state index contributed by atoms with van der Waals surface area (Å²) in [7, 11) is 0. The van der Waals surface area contributed by atoms with Crippen molar-refractivity contribution in [3.8, 4) is 0 Å². The molecule has 5 nitrogen and oxygen atoms in total. The van der Waals surface area contributed by atoms with Gasteiger partial charge in [0, 0.05) is 48.7 Å². The average molecular weight is 394 g/mol. The Morgan fingerprint density at radius 3 is 2.86 bits per heavy atom. The van der Waals surface area contributed by atoms with Gasteiger partial charge in [-0.3, -0.25) is 0 Å². The van der Waals surface area contributed by atoms with Crippen LogP contribution < -0.4 is 4.90 Å². The largest absolute Gasteiger partial charge is 0.378 e. The Hall–Kier alpha value is -2.60. The molecule has 4 heterocycles. The molecular weight excluding hydrogens is 367 g/mol. The minimum absolute atomic E-state index is 0.0945. The van der Waals surface area contributed by atoms with Crippen molar-refractivity contribution in [2.75, 3.05) is 44.3 Å². The van der Waals surface area contributed by atoms with Crippen LogP contribution in [0.4, 0.5) is 10.1 Å². The third-order valence-electron chi connectivity index (χ3n) is 6.15. The molecule has 1 saturated heterocycles. The number of rotatable bonds is 3. The highest BCUT2D eigenvalue weighted by Crippen LogP contribution is 2.35. The maximum Gasteiger partial charge on any atom is 0.135 e. The van der Waals surface area contributed by atoms with Crippen LogP contribution in [0.2, 0.25) is 0 Å². The van der Waals surface area contributed by atoms with E-state index in [1.807, 2.05) is 12.1 Å². The van der Waals surface area contributed by atoms with Gasteiger partial charge in [-0.1, -0.05) is 12.1 Å². The number of allylic oxidation sites excluding steroid dienone is 2. The summed E-state index contributed by atoms with van der Waals surface area (Å²) in [5.41, 5.74) is 4.36. The molecule has 6 heteroatoms. The molecule has 1 fully saturated rings. The molecule has 1 atom stereocenters. The molecule has 4 aliphatic rings. The summed E-state index contributed by atoms with van der Waals surface area (Å²) < 4.78 is 19.9. The summed E-state index contributed by atoms with van der Waals surface area (Å²) in [6.07, 6.45) is 7.12. The van der Waals surface area contributed by atoms with Gasteiger partial charge in [-0.15, -0.1) is 0 Å². The molecule has 1 aromatic rings. The Labute approximate surface area is 171 Å². The van der Waals surface area contributed by atoms with Crippen LogP contribution in [-0.4, -0.2) is 61.1 Å². The lowest BCUT2D eigenvalue weighted by atomic mass is 10.1. The standard InChI is InChI=1S/C23H27FN4O/c1-16-6-7-22-25-23(26-8-10-29-11-9-26)18(14-27(22)13-16)15-28-17(2)12-19-20(24)4-3-5-21(19)28/h3-7,13,17H,8-12,14-15H2,1-2H3. The van der Waals surface area contributed by atoms with Crippen LogP contribution in [0.15, 0.2) is 58.5 Å². The lowest BCUT2D eigenvalue weighted by molar-refractivity contribution is 0.0521. The predicted octanol–water partition coefficient (Wildman–Crippen LogP) is 3.31. The van der Waals surface area contributed by atoms with Crippen LogP contribution in [0.1, 0.15) is 19.4 Å². The van der Waals surface area contributed by atoms with Crippen LogP contribution in [0.3, 0.4) is 0 Å². The third kappa shape index (κ3) is 3.35. The molecule has 152 valence electrons. The number of ether oxygens (including phenoxy) is 1. The first-order valence-electron chi connectivity index (χ1n) is 10.4. The van der Waals surface area contributed by atoms with Gasteiger partial charge in [-0.25, -0.2) is 9.38 Å². The zero-order valence-corrected chi connectivity index (χ0v) is 17.1. The first-order valence-corrected chi connectivity index (χ1v) is 10.4. The van der Waals surface area contributed by atoms with Gasteiger partial charge in [-0.2, -0.15) is 0 Å². The first kappa shape index (κ1) is 18.4. The van der Waals surface area contributed by atoms with Crippen LogP contribution in [-0.2, 0) is 11.2 Å². The summed E-state index contributed by atoms with van der Waals surface area (Å²) in [4.78, 5) is 11.9. The third-order valence-corrected chi connectivity index (χ3v) is 6.15. The second-order valence-electron chi connectivity index (χ2n) is 8.25. The lowest BCUT2D eigenvalue weighted by Crippen LogP contribution is -2.43. The van der Waals surface area contributed by atoms with E-state index in [2.05, 4.69) is 46.9 Å². The van der Waals surface area contributed by atoms with Gasteiger partial charge in [0.2, 0.25) is 0 Å². The van der Waals surface area contributed by atoms with Crippen LogP contribution in [0.5, 0.6) is 0 Å². The number of benzene rings is 1. The maximum atomic E-state index is 14.3. The highest BCUT2D eigenvalue weighted by Gasteiger charge is 2.32. The Bertz CT molecular complexity index is 942. The molecule has 0 N–H and O–H groups in total. The molecule has 0 bridgehead atoms. The topological polar surface area (TPSA) is 31.3 Å². The summed E-state index contributed by atoms with van der Waals surface area (Å²) in [6.45, 7) is 9.03. The molecule has 0 amide bonds. The van der Waals surface area contributed by atoms with Gasteiger partial charge in [0.15, 0.2) is 0 Å². The van der Waals surface area contributed by atoms with E-state index >= 15 is 0 Å². The van der Waals surface area contributed by atoms with Gasteiger partial charge < -0.3 is 19.4 Å². The Morgan fingerprint density at radius 2 is 2.03 bits per heavy atom. The number of hydrogen-bond donors (Lipinski definition) is 0. The van der Waals surface area contributed by atoms with E-state index < -0.39 is 0 Å². The summed E-state index contributed by atoms with van der Waals surface area (Å²) in [5, 5.41) is 0. The molecule has 1 aromatic carbocycles. The number of aliphatic imine (C=N–C) groups is 1. The van der Waals surface area contributed by atoms with Gasteiger partial charge in [-0.05, 0) is 44.1 Å². The van der Waals surface area contributed by atoms with E-state index in [0.717, 1.165) is 68.7 Å². The number of anilines is 1. The SMILES string of the molecule is CC1=CN2CC(CN3c4cccc(F)c4CC3C)=C(N3CCOCC3)N=C2C=C1. The lowest BCUT2D eigenvalue weighted by Gasteiger charge is -2.38. The predicted molar refractivity (Wildman–Crippen MR) is 113 cm³/mol. The van der Waals surface area contributed by atoms with Crippen LogP contribution >= 0.6 is 0 Å². The van der Waals surface area contributed by atoms with E-state index in [-0.39, 0.29) is 11.9 Å². The fourth-order valence-electron chi connectivity index (χ4n) is 4.65. The van der Waals surface area contributed by atoms with Crippen molar-refractivity contribution in [1.82, 2.24) is 9.80 Å². The monoisotopic (exact) mass is 394 g/mol. The molecule has 4 aliphatic heterocycles. The minimum Gasteiger partial charge on any atom is -0.378 e. The number of morpholine rings is 1. The molecule has 29 heavy (non-hydrogen) atoms. The van der Waals surface area contributed by atoms with Crippen molar-refractivity contribution < 1.29 is 9.13 Å². The molecule has 0 saturated carbocycles. The molecule has 1 unspecified atom stereocenters. The number of nitrogens with zero attached hydrogens (tertiary/aromatic N) is 4. The second kappa shape index (κ2) is 7.34. The van der Waals surface area contributed by atoms with Crippen molar-refractivity contribution >= 4 is 11.5 Å². The van der Waals surface area contributed by atoms with Crippen molar-refractivity contribution in [3.63, 3.8) is 0 Å². The zero-order chi connectivity index (χ0) is 20.0. The summed E-state index contributed by atoms with van der Waals surface area (Å²) in [5.74, 6) is 1.96. The van der Waals surface area contributed by atoms with Gasteiger partial charge in [0.25, 0.3) is 0 Å². The minimum atomic E-state index is -0.0945. The van der Waals surface area contributed by atoms with Crippen LogP contribution in [0, 0.1) is 5.82 Å². The fourth-order valence-corrected chi connectivity index (χ4v) is 4.65. The van der Waals surface area contributed by atoms with E-state index in [1.54, 1.807) is 6.07 Å². The van der Waals surface area contributed by atoms with Crippen molar-refractivity contribution in [1.29, 1.82) is 0 Å². The van der Waals surface area contributed by atoms with E-state index in [0.29, 0.717) is 0 Å². The normalized spacial score (nSPS) is 23.8. The quantitative estimate of drug-likeness (QED) is 0.787. The smallest absolute Gasteiger partial charge is 0.135 e. The molecule has 0 spiro atoms. The fraction of sp³-hybridized carbons (Fsp3) is 0.435. The summed E-state index contributed by atoms with van der Waals surface area (Å²) in [6, 6.07) is 5.69. The van der Waals surface area contributed by atoms with Gasteiger partial charge in [0.05, 0.1) is 19.8 Å². The Balaban J connectivity index is 1.51. The molecular formula is C23H27FN4O. The zero-order valence-electron chi connectivity index (χ0n) is 17.1. The summed E-state index contributed by atoms with van der Waals surface area (Å²) >= 11 is 0. The van der Waals surface area contributed by atoms with E-state index in [1.165, 1.54) is 11.1 Å². The van der Waals surface area contributed by atoms with Crippen LogP contribution in [0.25, 0.3) is 0 Å². The molecule has 0 aliphatic carbocycles. The first-order chi connectivity index (χ1) is 14.1. The number of hydrogen-bond acceptors (Lipinski definition) is 5. The molecule has 0 radical (unpaired) electrons. The molecule has 5 rings (SSSR count). The second-order valence-corrected chi connectivity index (χ2v) is 8.25. The van der Waals surface area contributed by atoms with E-state index in [9.17, 15) is 4.39 Å². The maximum absolute atomic E-state index is 14.3. The highest BCUT2D eigenvalue weighted by molar-refractivity contribution is 5.96. The van der Waals surface area contributed by atoms with Crippen molar-refractivity contribution in [3.05, 3.63) is 64.9 Å². The van der Waals surface area contributed by atoms with Gasteiger partial charge >= 0.3 is 0 Å². The van der Waals surface area contributed by atoms with Crippen molar-refractivity contribution in [2.24, 2.45) is 4.99 Å². The van der Waals surface area contributed by atoms with Gasteiger partial charge in [0.1, 0.15) is 17.5 Å². The Morgan fingerprint density at radius 1 is 1.21 bits per heavy atom. The van der Waals surface area contributed by atoms with Crippen molar-refractivity contribution in [2.45, 2.75) is 26.3 Å². The number of halogens is 1. The Kier molecular flexibility index (Phi) is 4.66. The number of fused-ring (bicyclic) bond motifs is 2. The highest BCUT2D eigenvalue weighted by atomic mass is 19.1. The average Bonchev–Trinajstić information content (AvgIpc) is 3.05. The number of amidine groups is 1. The molecule has 0 aromatic heterocycles.